The molecule has 0 aliphatic heterocycles. The number of fused-ring (bicyclic) bond motifs is 2. The van der Waals surface area contributed by atoms with Gasteiger partial charge < -0.3 is 5.32 Å². The van der Waals surface area contributed by atoms with E-state index in [1.807, 2.05) is 0 Å². The number of halogens is 1. The molecule has 3 aromatic carbocycles. The van der Waals surface area contributed by atoms with Gasteiger partial charge in [0.25, 0.3) is 5.91 Å². The van der Waals surface area contributed by atoms with Crippen molar-refractivity contribution >= 4 is 39.1 Å². The normalized spacial score (nSPS) is 12.8. The topological polar surface area (TPSA) is 123 Å². The molecule has 1 amide bonds. The van der Waals surface area contributed by atoms with Gasteiger partial charge in [-0.1, -0.05) is 48.0 Å². The molecule has 0 saturated heterocycles. The highest BCUT2D eigenvalue weighted by Crippen LogP contribution is 2.33. The van der Waals surface area contributed by atoms with E-state index in [9.17, 15) is 22.8 Å². The Morgan fingerprint density at radius 2 is 1.50 bits per heavy atom. The van der Waals surface area contributed by atoms with E-state index in [-0.39, 0.29) is 44.5 Å². The van der Waals surface area contributed by atoms with Crippen LogP contribution >= 0.6 is 11.6 Å². The number of nitrogens with two attached hydrogens (primary N) is 1. The quantitative estimate of drug-likeness (QED) is 0.466. The Labute approximate surface area is 189 Å². The van der Waals surface area contributed by atoms with Crippen molar-refractivity contribution in [2.75, 3.05) is 6.54 Å². The molecular formula is C23H17ClN2O5S. The van der Waals surface area contributed by atoms with Crippen LogP contribution in [0.2, 0.25) is 5.02 Å². The maximum Gasteiger partial charge on any atom is 0.252 e. The summed E-state index contributed by atoms with van der Waals surface area (Å²) in [7, 11) is -3.76. The number of carbonyl (C=O) groups is 3. The van der Waals surface area contributed by atoms with Crippen molar-refractivity contribution in [3.8, 4) is 0 Å². The van der Waals surface area contributed by atoms with Crippen LogP contribution in [0, 0.1) is 0 Å². The maximum absolute atomic E-state index is 12.9. The third-order valence-electron chi connectivity index (χ3n) is 5.23. The molecule has 0 atom stereocenters. The minimum absolute atomic E-state index is 0.00640. The molecule has 0 fully saturated rings. The number of ketones is 2. The lowest BCUT2D eigenvalue weighted by atomic mass is 9.83. The molecule has 0 heterocycles. The van der Waals surface area contributed by atoms with Crippen LogP contribution in [0.1, 0.15) is 47.8 Å². The first-order valence-electron chi connectivity index (χ1n) is 9.59. The number of hydrogen-bond acceptors (Lipinski definition) is 5. The number of benzene rings is 3. The second-order valence-electron chi connectivity index (χ2n) is 7.25. The molecule has 32 heavy (non-hydrogen) atoms. The Morgan fingerprint density at radius 1 is 0.875 bits per heavy atom. The highest BCUT2D eigenvalue weighted by Gasteiger charge is 2.33. The average Bonchev–Trinajstić information content (AvgIpc) is 2.77. The SMILES string of the molecule is NS(=O)(=O)c1ccc(CCNC(=O)c2ccc3c(c2Cl)C(=O)c2ccccc2C3=O)cc1. The monoisotopic (exact) mass is 468 g/mol. The van der Waals surface area contributed by atoms with E-state index >= 15 is 0 Å². The van der Waals surface area contributed by atoms with Crippen LogP contribution < -0.4 is 10.5 Å². The first-order chi connectivity index (χ1) is 15.2. The second-order valence-corrected chi connectivity index (χ2v) is 9.19. The molecular weight excluding hydrogens is 452 g/mol. The highest BCUT2D eigenvalue weighted by molar-refractivity contribution is 7.89. The van der Waals surface area contributed by atoms with E-state index in [1.165, 1.54) is 24.3 Å². The fourth-order valence-electron chi connectivity index (χ4n) is 3.58. The number of amides is 1. The van der Waals surface area contributed by atoms with Crippen LogP contribution in [0.15, 0.2) is 65.6 Å². The number of sulfonamides is 1. The summed E-state index contributed by atoms with van der Waals surface area (Å²) in [6, 6.07) is 15.4. The average molecular weight is 469 g/mol. The van der Waals surface area contributed by atoms with Crippen molar-refractivity contribution in [1.29, 1.82) is 0 Å². The Hall–Kier alpha value is -3.33. The van der Waals surface area contributed by atoms with Gasteiger partial charge in [-0.2, -0.15) is 0 Å². The first-order valence-corrected chi connectivity index (χ1v) is 11.5. The van der Waals surface area contributed by atoms with E-state index in [0.717, 1.165) is 5.56 Å². The summed E-state index contributed by atoms with van der Waals surface area (Å²) in [4.78, 5) is 38.4. The Balaban J connectivity index is 1.51. The van der Waals surface area contributed by atoms with Crippen molar-refractivity contribution in [1.82, 2.24) is 5.32 Å². The van der Waals surface area contributed by atoms with Gasteiger partial charge in [0.1, 0.15) is 0 Å². The highest BCUT2D eigenvalue weighted by atomic mass is 35.5. The van der Waals surface area contributed by atoms with Crippen molar-refractivity contribution in [3.05, 3.63) is 99.1 Å². The van der Waals surface area contributed by atoms with Gasteiger partial charge in [-0.15, -0.1) is 0 Å². The minimum Gasteiger partial charge on any atom is -0.352 e. The Bertz CT molecular complexity index is 1380. The van der Waals surface area contributed by atoms with E-state index in [1.54, 1.807) is 36.4 Å². The van der Waals surface area contributed by atoms with Crippen LogP contribution in [0.25, 0.3) is 0 Å². The molecule has 0 radical (unpaired) electrons. The van der Waals surface area contributed by atoms with Gasteiger partial charge in [-0.05, 0) is 36.2 Å². The number of primary sulfonamides is 1. The molecule has 0 aromatic heterocycles. The summed E-state index contributed by atoms with van der Waals surface area (Å²) >= 11 is 6.40. The molecule has 0 bridgehead atoms. The lowest BCUT2D eigenvalue weighted by Crippen LogP contribution is -2.28. The molecule has 3 aromatic rings. The predicted molar refractivity (Wildman–Crippen MR) is 119 cm³/mol. The lowest BCUT2D eigenvalue weighted by molar-refractivity contribution is 0.0951. The molecule has 3 N–H and O–H groups in total. The van der Waals surface area contributed by atoms with Gasteiger partial charge in [0.15, 0.2) is 11.6 Å². The maximum atomic E-state index is 12.9. The Kier molecular flexibility index (Phi) is 5.68. The van der Waals surface area contributed by atoms with Crippen LogP contribution in [-0.2, 0) is 16.4 Å². The predicted octanol–water partition coefficient (Wildman–Crippen LogP) is 2.74. The zero-order valence-electron chi connectivity index (χ0n) is 16.6. The van der Waals surface area contributed by atoms with Crippen molar-refractivity contribution in [2.45, 2.75) is 11.3 Å². The fourth-order valence-corrected chi connectivity index (χ4v) is 4.43. The number of nitrogens with one attached hydrogen (secondary N) is 1. The lowest BCUT2D eigenvalue weighted by Gasteiger charge is -2.19. The summed E-state index contributed by atoms with van der Waals surface area (Å²) in [5, 5.41) is 7.73. The number of hydrogen-bond donors (Lipinski definition) is 2. The fraction of sp³-hybridized carbons (Fsp3) is 0.0870. The summed E-state index contributed by atoms with van der Waals surface area (Å²) in [6.45, 7) is 0.247. The van der Waals surface area contributed by atoms with Crippen molar-refractivity contribution in [2.24, 2.45) is 5.14 Å². The van der Waals surface area contributed by atoms with Gasteiger partial charge in [-0.3, -0.25) is 14.4 Å². The van der Waals surface area contributed by atoms with Crippen LogP contribution in [0.3, 0.4) is 0 Å². The third kappa shape index (κ3) is 3.95. The zero-order valence-corrected chi connectivity index (χ0v) is 18.2. The molecule has 162 valence electrons. The van der Waals surface area contributed by atoms with Gasteiger partial charge in [0, 0.05) is 23.2 Å². The molecule has 7 nitrogen and oxygen atoms in total. The standard InChI is InChI=1S/C23H17ClN2O5S/c24-20-18(23(29)26-12-11-13-5-7-14(8-6-13)32(25,30)31)10-9-17-19(20)22(28)16-4-2-1-3-15(16)21(17)27/h1-10H,11-12H2,(H,26,29)(H2,25,30,31). The van der Waals surface area contributed by atoms with E-state index in [2.05, 4.69) is 5.32 Å². The summed E-state index contributed by atoms with van der Waals surface area (Å²) < 4.78 is 22.6. The Morgan fingerprint density at radius 3 is 2.12 bits per heavy atom. The van der Waals surface area contributed by atoms with Gasteiger partial charge in [0.2, 0.25) is 10.0 Å². The van der Waals surface area contributed by atoms with E-state index in [0.29, 0.717) is 12.0 Å². The summed E-state index contributed by atoms with van der Waals surface area (Å²) in [5.41, 5.74) is 1.66. The second kappa shape index (κ2) is 8.31. The summed E-state index contributed by atoms with van der Waals surface area (Å²) in [5.74, 6) is -1.20. The van der Waals surface area contributed by atoms with Crippen LogP contribution in [0.5, 0.6) is 0 Å². The number of carbonyl (C=O) groups excluding carboxylic acids is 3. The number of rotatable bonds is 5. The molecule has 0 unspecified atom stereocenters. The molecule has 0 spiro atoms. The first kappa shape index (κ1) is 21.9. The minimum atomic E-state index is -3.76. The molecule has 0 saturated carbocycles. The van der Waals surface area contributed by atoms with Crippen LogP contribution in [0.4, 0.5) is 0 Å². The van der Waals surface area contributed by atoms with E-state index in [4.69, 9.17) is 16.7 Å². The molecule has 9 heteroatoms. The third-order valence-corrected chi connectivity index (χ3v) is 6.55. The zero-order chi connectivity index (χ0) is 23.0. The molecule has 4 rings (SSSR count). The molecule has 1 aliphatic carbocycles. The van der Waals surface area contributed by atoms with Gasteiger partial charge in [0.05, 0.1) is 21.0 Å². The largest absolute Gasteiger partial charge is 0.352 e. The summed E-state index contributed by atoms with van der Waals surface area (Å²) in [6.07, 6.45) is 0.435. The smallest absolute Gasteiger partial charge is 0.252 e. The van der Waals surface area contributed by atoms with Crippen molar-refractivity contribution in [3.63, 3.8) is 0 Å². The van der Waals surface area contributed by atoms with Gasteiger partial charge >= 0.3 is 0 Å². The van der Waals surface area contributed by atoms with Crippen LogP contribution in [-0.4, -0.2) is 32.4 Å². The van der Waals surface area contributed by atoms with Crippen molar-refractivity contribution < 1.29 is 22.8 Å². The van der Waals surface area contributed by atoms with Gasteiger partial charge in [-0.25, -0.2) is 13.6 Å². The van der Waals surface area contributed by atoms with E-state index < -0.39 is 21.7 Å². The molecule has 1 aliphatic rings.